The third-order valence-electron chi connectivity index (χ3n) is 13.7. The number of benzene rings is 10. The van der Waals surface area contributed by atoms with Crippen LogP contribution in [0.2, 0.25) is 0 Å². The number of nitrogens with zero attached hydrogens (tertiary/aromatic N) is 1. The molecular weight excluding hydrogens is 735 g/mol. The first-order valence-corrected chi connectivity index (χ1v) is 21.4. The zero-order valence-electron chi connectivity index (χ0n) is 34.3. The van der Waals surface area contributed by atoms with Gasteiger partial charge in [0.25, 0.3) is 0 Å². The van der Waals surface area contributed by atoms with Crippen molar-refractivity contribution in [3.63, 3.8) is 0 Å². The molecule has 0 heterocycles. The molecule has 0 atom stereocenters. The van der Waals surface area contributed by atoms with Gasteiger partial charge in [-0.25, -0.2) is 0 Å². The van der Waals surface area contributed by atoms with Gasteiger partial charge in [0.15, 0.2) is 0 Å². The Labute approximate surface area is 357 Å². The van der Waals surface area contributed by atoms with Crippen LogP contribution in [0.3, 0.4) is 0 Å². The molecule has 2 aliphatic rings. The van der Waals surface area contributed by atoms with Crippen LogP contribution in [0.1, 0.15) is 47.2 Å². The Morgan fingerprint density at radius 2 is 0.836 bits per heavy atom. The Morgan fingerprint density at radius 3 is 1.51 bits per heavy atom. The van der Waals surface area contributed by atoms with Crippen LogP contribution in [0.15, 0.2) is 224 Å². The average molecular weight is 778 g/mol. The predicted octanol–water partition coefficient (Wildman–Crippen LogP) is 15.8. The molecule has 0 saturated heterocycles. The maximum Gasteiger partial charge on any atom is 0.0713 e. The van der Waals surface area contributed by atoms with E-state index in [0.717, 1.165) is 17.1 Å². The van der Waals surface area contributed by atoms with Crippen LogP contribution >= 0.6 is 0 Å². The Balaban J connectivity index is 0.978. The molecule has 2 aliphatic carbocycles. The summed E-state index contributed by atoms with van der Waals surface area (Å²) in [6.07, 6.45) is 0. The molecular formula is C60H43N. The van der Waals surface area contributed by atoms with Gasteiger partial charge in [-0.05, 0) is 119 Å². The van der Waals surface area contributed by atoms with Gasteiger partial charge in [-0.15, -0.1) is 0 Å². The van der Waals surface area contributed by atoms with Crippen LogP contribution in [0, 0.1) is 0 Å². The monoisotopic (exact) mass is 777 g/mol. The van der Waals surface area contributed by atoms with Gasteiger partial charge in [-0.2, -0.15) is 0 Å². The molecule has 0 unspecified atom stereocenters. The lowest BCUT2D eigenvalue weighted by Gasteiger charge is -2.36. The van der Waals surface area contributed by atoms with Crippen molar-refractivity contribution in [3.8, 4) is 33.4 Å². The van der Waals surface area contributed by atoms with Gasteiger partial charge in [0.1, 0.15) is 0 Å². The summed E-state index contributed by atoms with van der Waals surface area (Å²) in [6, 6.07) is 83.2. The summed E-state index contributed by atoms with van der Waals surface area (Å²) in [5.74, 6) is 0. The highest BCUT2D eigenvalue weighted by Crippen LogP contribution is 2.64. The van der Waals surface area contributed by atoms with Crippen LogP contribution in [-0.2, 0) is 10.8 Å². The molecule has 0 aromatic heterocycles. The fourth-order valence-electron chi connectivity index (χ4n) is 10.9. The minimum Gasteiger partial charge on any atom is -0.310 e. The van der Waals surface area contributed by atoms with Crippen molar-refractivity contribution < 1.29 is 0 Å². The Bertz CT molecular complexity index is 3250. The molecule has 0 bridgehead atoms. The van der Waals surface area contributed by atoms with Gasteiger partial charge < -0.3 is 4.90 Å². The number of hydrogen-bond donors (Lipinski definition) is 0. The Kier molecular flexibility index (Phi) is 7.86. The van der Waals surface area contributed by atoms with E-state index in [4.69, 9.17) is 0 Å². The van der Waals surface area contributed by atoms with E-state index in [1.54, 1.807) is 0 Å². The van der Waals surface area contributed by atoms with E-state index in [2.05, 4.69) is 243 Å². The smallest absolute Gasteiger partial charge is 0.0713 e. The van der Waals surface area contributed by atoms with Gasteiger partial charge in [-0.3, -0.25) is 0 Å². The first-order chi connectivity index (χ1) is 30.0. The molecule has 0 aliphatic heterocycles. The van der Waals surface area contributed by atoms with Crippen LogP contribution in [0.5, 0.6) is 0 Å². The fourth-order valence-corrected chi connectivity index (χ4v) is 10.9. The SMILES string of the molecule is CC1(C)c2cccc3c2-c2c1cccc2C3(c1ccccc1)c1cccc(-c2ccc(N(c3ccc(-c4cccc5ccccc45)cc3)c3cccc4ccccc34)cc2)c1. The molecule has 0 N–H and O–H groups in total. The first kappa shape index (κ1) is 35.5. The normalized spacial score (nSPS) is 14.0. The number of fused-ring (bicyclic) bond motifs is 2. The third kappa shape index (κ3) is 5.20. The minimum absolute atomic E-state index is 0.0398. The molecule has 0 radical (unpaired) electrons. The number of rotatable bonds is 7. The summed E-state index contributed by atoms with van der Waals surface area (Å²) in [6.45, 7) is 4.77. The van der Waals surface area contributed by atoms with Crippen molar-refractivity contribution in [2.45, 2.75) is 24.7 Å². The van der Waals surface area contributed by atoms with Crippen LogP contribution < -0.4 is 4.90 Å². The summed E-state index contributed by atoms with van der Waals surface area (Å²) in [4.78, 5) is 2.40. The van der Waals surface area contributed by atoms with Gasteiger partial charge in [0.05, 0.1) is 11.1 Å². The molecule has 12 rings (SSSR count). The molecule has 1 nitrogen and oxygen atoms in total. The third-order valence-corrected chi connectivity index (χ3v) is 13.7. The van der Waals surface area contributed by atoms with E-state index in [1.165, 1.54) is 88.3 Å². The largest absolute Gasteiger partial charge is 0.310 e. The highest BCUT2D eigenvalue weighted by atomic mass is 15.1. The predicted molar refractivity (Wildman–Crippen MR) is 256 cm³/mol. The lowest BCUT2D eigenvalue weighted by Crippen LogP contribution is -2.30. The second-order valence-corrected chi connectivity index (χ2v) is 17.2. The fraction of sp³-hybridized carbons (Fsp3) is 0.0667. The molecule has 0 saturated carbocycles. The molecule has 10 aromatic rings. The van der Waals surface area contributed by atoms with Crippen molar-refractivity contribution in [3.05, 3.63) is 258 Å². The quantitative estimate of drug-likeness (QED) is 0.156. The van der Waals surface area contributed by atoms with E-state index < -0.39 is 5.41 Å². The van der Waals surface area contributed by atoms with E-state index in [0.29, 0.717) is 0 Å². The maximum absolute atomic E-state index is 2.45. The second kappa shape index (κ2) is 13.5. The Morgan fingerprint density at radius 1 is 0.344 bits per heavy atom. The van der Waals surface area contributed by atoms with E-state index in [1.807, 2.05) is 0 Å². The van der Waals surface area contributed by atoms with Crippen molar-refractivity contribution in [2.75, 3.05) is 4.90 Å². The average Bonchev–Trinajstić information content (AvgIpc) is 3.76. The van der Waals surface area contributed by atoms with Crippen LogP contribution in [-0.4, -0.2) is 0 Å². The van der Waals surface area contributed by atoms with E-state index in [9.17, 15) is 0 Å². The molecule has 61 heavy (non-hydrogen) atoms. The summed E-state index contributed by atoms with van der Waals surface area (Å²) < 4.78 is 0. The van der Waals surface area contributed by atoms with Crippen molar-refractivity contribution in [1.82, 2.24) is 0 Å². The summed E-state index contributed by atoms with van der Waals surface area (Å²) in [5, 5.41) is 4.95. The highest BCUT2D eigenvalue weighted by molar-refractivity contribution is 6.00. The van der Waals surface area contributed by atoms with Gasteiger partial charge >= 0.3 is 0 Å². The molecule has 0 fully saturated rings. The lowest BCUT2D eigenvalue weighted by atomic mass is 9.65. The molecule has 0 spiro atoms. The van der Waals surface area contributed by atoms with E-state index in [-0.39, 0.29) is 5.41 Å². The van der Waals surface area contributed by atoms with Gasteiger partial charge in [0.2, 0.25) is 0 Å². The summed E-state index contributed by atoms with van der Waals surface area (Å²) in [7, 11) is 0. The lowest BCUT2D eigenvalue weighted by molar-refractivity contribution is 0.652. The highest BCUT2D eigenvalue weighted by Gasteiger charge is 2.52. The Hall–Kier alpha value is -7.48. The van der Waals surface area contributed by atoms with Gasteiger partial charge in [-0.1, -0.05) is 202 Å². The first-order valence-electron chi connectivity index (χ1n) is 21.4. The summed E-state index contributed by atoms with van der Waals surface area (Å²) in [5.41, 5.74) is 18.8. The topological polar surface area (TPSA) is 3.24 Å². The number of anilines is 3. The second-order valence-electron chi connectivity index (χ2n) is 17.2. The van der Waals surface area contributed by atoms with Crippen LogP contribution in [0.4, 0.5) is 17.1 Å². The zero-order chi connectivity index (χ0) is 40.7. The number of hydrogen-bond acceptors (Lipinski definition) is 1. The molecule has 1 heteroatoms. The van der Waals surface area contributed by atoms with Gasteiger partial charge in [0, 0.05) is 22.2 Å². The minimum atomic E-state index is -0.437. The maximum atomic E-state index is 2.45. The van der Waals surface area contributed by atoms with Crippen LogP contribution in [0.25, 0.3) is 54.9 Å². The molecule has 0 amide bonds. The zero-order valence-corrected chi connectivity index (χ0v) is 34.3. The van der Waals surface area contributed by atoms with Crippen molar-refractivity contribution in [2.24, 2.45) is 0 Å². The van der Waals surface area contributed by atoms with Crippen molar-refractivity contribution >= 4 is 38.6 Å². The molecule has 288 valence electrons. The van der Waals surface area contributed by atoms with E-state index >= 15 is 0 Å². The van der Waals surface area contributed by atoms with Crippen molar-refractivity contribution in [1.29, 1.82) is 0 Å². The standard InChI is InChI=1S/C60H43N/c1-59(2)52-26-13-28-54-57(52)58-53(59)27-14-29-55(58)60(54,45-20-4-3-5-21-45)46-22-10-19-44(39-46)40-31-35-47(36-32-40)61(56-30-12-18-42-16-7-9-24-51(42)56)48-37-33-43(34-38-48)50-25-11-17-41-15-6-8-23-49(41)50/h3-39H,1-2H3. The summed E-state index contributed by atoms with van der Waals surface area (Å²) >= 11 is 0. The molecule has 10 aromatic carbocycles.